The molecule has 2 saturated carbocycles. The molecule has 0 unspecified atom stereocenters. The predicted molar refractivity (Wildman–Crippen MR) is 78.8 cm³/mol. The van der Waals surface area contributed by atoms with Crippen LogP contribution in [0, 0.1) is 5.92 Å². The minimum atomic E-state index is 0.346. The maximum Gasteiger partial charge on any atom is 0.222 e. The average Bonchev–Trinajstić information content (AvgIpc) is 2.92. The molecule has 0 aliphatic heterocycles. The summed E-state index contributed by atoms with van der Waals surface area (Å²) in [7, 11) is 1.99. The van der Waals surface area contributed by atoms with Gasteiger partial charge in [-0.05, 0) is 44.4 Å². The molecule has 0 heterocycles. The first-order valence-electron chi connectivity index (χ1n) is 8.18. The van der Waals surface area contributed by atoms with Gasteiger partial charge in [0.2, 0.25) is 5.91 Å². The minimum absolute atomic E-state index is 0.346. The van der Waals surface area contributed by atoms with Crippen LogP contribution in [0.4, 0.5) is 0 Å². The highest BCUT2D eigenvalue weighted by Crippen LogP contribution is 2.29. The van der Waals surface area contributed by atoms with Crippen molar-refractivity contribution < 1.29 is 4.79 Å². The van der Waals surface area contributed by atoms with Gasteiger partial charge in [-0.15, -0.1) is 0 Å². The third-order valence-electron chi connectivity index (χ3n) is 5.16. The quantitative estimate of drug-likeness (QED) is 0.831. The molecule has 2 rings (SSSR count). The van der Waals surface area contributed by atoms with Crippen LogP contribution in [-0.4, -0.2) is 29.9 Å². The van der Waals surface area contributed by atoms with Crippen LogP contribution in [0.3, 0.4) is 0 Å². The summed E-state index contributed by atoms with van der Waals surface area (Å²) in [5.74, 6) is 1.25. The number of hydrogen-bond donors (Lipinski definition) is 1. The van der Waals surface area contributed by atoms with E-state index in [-0.39, 0.29) is 0 Å². The largest absolute Gasteiger partial charge is 0.343 e. The fourth-order valence-electron chi connectivity index (χ4n) is 3.71. The SMILES string of the molecule is CN(C(=O)CCCC1CCCC1)C1CCC(N)CC1. The molecule has 3 nitrogen and oxygen atoms in total. The molecule has 0 aromatic rings. The van der Waals surface area contributed by atoms with Crippen molar-refractivity contribution in [3.05, 3.63) is 0 Å². The van der Waals surface area contributed by atoms with Gasteiger partial charge >= 0.3 is 0 Å². The second kappa shape index (κ2) is 7.28. The summed E-state index contributed by atoms with van der Waals surface area (Å²) in [6, 6.07) is 0.806. The highest BCUT2D eigenvalue weighted by molar-refractivity contribution is 5.76. The Kier molecular flexibility index (Phi) is 5.68. The molecule has 0 saturated heterocycles. The van der Waals surface area contributed by atoms with E-state index >= 15 is 0 Å². The number of hydrogen-bond acceptors (Lipinski definition) is 2. The highest BCUT2D eigenvalue weighted by atomic mass is 16.2. The molecule has 0 radical (unpaired) electrons. The van der Waals surface area contributed by atoms with E-state index in [1.807, 2.05) is 11.9 Å². The van der Waals surface area contributed by atoms with Crippen molar-refractivity contribution in [1.29, 1.82) is 0 Å². The normalized spacial score (nSPS) is 28.5. The Labute approximate surface area is 117 Å². The lowest BCUT2D eigenvalue weighted by Crippen LogP contribution is -2.41. The monoisotopic (exact) mass is 266 g/mol. The summed E-state index contributed by atoms with van der Waals surface area (Å²) in [6.07, 6.45) is 13.0. The van der Waals surface area contributed by atoms with E-state index in [9.17, 15) is 4.79 Å². The number of carbonyl (C=O) groups is 1. The van der Waals surface area contributed by atoms with Gasteiger partial charge in [-0.3, -0.25) is 4.79 Å². The number of nitrogens with zero attached hydrogens (tertiary/aromatic N) is 1. The molecule has 19 heavy (non-hydrogen) atoms. The molecule has 2 aliphatic carbocycles. The molecule has 1 amide bonds. The Morgan fingerprint density at radius 3 is 2.37 bits per heavy atom. The lowest BCUT2D eigenvalue weighted by atomic mass is 9.90. The lowest BCUT2D eigenvalue weighted by Gasteiger charge is -2.33. The van der Waals surface area contributed by atoms with Crippen molar-refractivity contribution in [2.45, 2.75) is 82.7 Å². The van der Waals surface area contributed by atoms with E-state index in [1.54, 1.807) is 0 Å². The van der Waals surface area contributed by atoms with Gasteiger partial charge in [0.25, 0.3) is 0 Å². The summed E-state index contributed by atoms with van der Waals surface area (Å²) >= 11 is 0. The van der Waals surface area contributed by atoms with Gasteiger partial charge in [0, 0.05) is 25.6 Å². The zero-order chi connectivity index (χ0) is 13.7. The Morgan fingerprint density at radius 2 is 1.74 bits per heavy atom. The van der Waals surface area contributed by atoms with Crippen LogP contribution in [0.15, 0.2) is 0 Å². The molecule has 0 aromatic heterocycles. The van der Waals surface area contributed by atoms with Crippen LogP contribution in [0.25, 0.3) is 0 Å². The van der Waals surface area contributed by atoms with Gasteiger partial charge < -0.3 is 10.6 Å². The van der Waals surface area contributed by atoms with Crippen LogP contribution in [0.5, 0.6) is 0 Å². The van der Waals surface area contributed by atoms with Gasteiger partial charge in [0.15, 0.2) is 0 Å². The van der Waals surface area contributed by atoms with Gasteiger partial charge in [0.1, 0.15) is 0 Å². The Morgan fingerprint density at radius 1 is 1.11 bits per heavy atom. The molecular weight excluding hydrogens is 236 g/mol. The van der Waals surface area contributed by atoms with Crippen molar-refractivity contribution in [2.24, 2.45) is 11.7 Å². The molecular formula is C16H30N2O. The molecule has 3 heteroatoms. The highest BCUT2D eigenvalue weighted by Gasteiger charge is 2.24. The number of rotatable bonds is 5. The molecule has 0 bridgehead atoms. The van der Waals surface area contributed by atoms with E-state index < -0.39 is 0 Å². The molecule has 0 atom stereocenters. The van der Waals surface area contributed by atoms with E-state index in [0.29, 0.717) is 18.0 Å². The Balaban J connectivity index is 1.64. The lowest BCUT2D eigenvalue weighted by molar-refractivity contribution is -0.132. The maximum absolute atomic E-state index is 12.2. The van der Waals surface area contributed by atoms with E-state index in [2.05, 4.69) is 0 Å². The van der Waals surface area contributed by atoms with E-state index in [1.165, 1.54) is 32.1 Å². The number of amides is 1. The standard InChI is InChI=1S/C16H30N2O/c1-18(15-11-9-14(17)10-12-15)16(19)8-4-7-13-5-2-3-6-13/h13-15H,2-12,17H2,1H3. The maximum atomic E-state index is 12.2. The Bertz CT molecular complexity index is 278. The zero-order valence-corrected chi connectivity index (χ0v) is 12.4. The van der Waals surface area contributed by atoms with Crippen LogP contribution >= 0.6 is 0 Å². The van der Waals surface area contributed by atoms with Crippen molar-refractivity contribution >= 4 is 5.91 Å². The number of carbonyl (C=O) groups excluding carboxylic acids is 1. The number of nitrogens with two attached hydrogens (primary N) is 1. The van der Waals surface area contributed by atoms with Gasteiger partial charge in [-0.2, -0.15) is 0 Å². The van der Waals surface area contributed by atoms with E-state index in [0.717, 1.165) is 44.4 Å². The minimum Gasteiger partial charge on any atom is -0.343 e. The van der Waals surface area contributed by atoms with Crippen molar-refractivity contribution in [1.82, 2.24) is 4.90 Å². The first-order valence-corrected chi connectivity index (χ1v) is 8.18. The molecule has 2 fully saturated rings. The van der Waals surface area contributed by atoms with E-state index in [4.69, 9.17) is 5.73 Å². The van der Waals surface area contributed by atoms with Gasteiger partial charge in [0.05, 0.1) is 0 Å². The molecule has 2 aliphatic rings. The van der Waals surface area contributed by atoms with Crippen molar-refractivity contribution in [3.8, 4) is 0 Å². The van der Waals surface area contributed by atoms with Crippen LogP contribution in [0.1, 0.15) is 70.6 Å². The fourth-order valence-corrected chi connectivity index (χ4v) is 3.71. The summed E-state index contributed by atoms with van der Waals surface area (Å²) in [4.78, 5) is 14.2. The van der Waals surface area contributed by atoms with Gasteiger partial charge in [-0.25, -0.2) is 0 Å². The smallest absolute Gasteiger partial charge is 0.222 e. The zero-order valence-electron chi connectivity index (χ0n) is 12.4. The summed E-state index contributed by atoms with van der Waals surface area (Å²) in [6.45, 7) is 0. The molecule has 0 spiro atoms. The molecule has 0 aromatic carbocycles. The summed E-state index contributed by atoms with van der Waals surface area (Å²) < 4.78 is 0. The average molecular weight is 266 g/mol. The van der Waals surface area contributed by atoms with Crippen molar-refractivity contribution in [2.75, 3.05) is 7.05 Å². The topological polar surface area (TPSA) is 46.3 Å². The Hall–Kier alpha value is -0.570. The van der Waals surface area contributed by atoms with Crippen molar-refractivity contribution in [3.63, 3.8) is 0 Å². The summed E-state index contributed by atoms with van der Waals surface area (Å²) in [5.41, 5.74) is 5.92. The van der Waals surface area contributed by atoms with Gasteiger partial charge in [-0.1, -0.05) is 25.7 Å². The van der Waals surface area contributed by atoms with Crippen LogP contribution in [0.2, 0.25) is 0 Å². The second-order valence-corrected chi connectivity index (χ2v) is 6.62. The third-order valence-corrected chi connectivity index (χ3v) is 5.16. The predicted octanol–water partition coefficient (Wildman–Crippen LogP) is 3.08. The second-order valence-electron chi connectivity index (χ2n) is 6.62. The third kappa shape index (κ3) is 4.48. The summed E-state index contributed by atoms with van der Waals surface area (Å²) in [5, 5.41) is 0. The molecule has 110 valence electrons. The molecule has 2 N–H and O–H groups in total. The fraction of sp³-hybridized carbons (Fsp3) is 0.938. The first kappa shape index (κ1) is 14.8. The van der Waals surface area contributed by atoms with Crippen LogP contribution < -0.4 is 5.73 Å². The first-order chi connectivity index (χ1) is 9.16. The van der Waals surface area contributed by atoms with Crippen LogP contribution in [-0.2, 0) is 4.79 Å².